The maximum absolute atomic E-state index is 13.5. The molecule has 0 spiro atoms. The number of halogens is 1. The zero-order valence-corrected chi connectivity index (χ0v) is 21.4. The molecule has 1 N–H and O–H groups in total. The summed E-state index contributed by atoms with van der Waals surface area (Å²) in [7, 11) is -1.02. The Kier molecular flexibility index (Phi) is 9.88. The Balaban J connectivity index is 2.46. The number of hydrogen-bond donors (Lipinski definition) is 1. The van der Waals surface area contributed by atoms with Gasteiger partial charge in [-0.3, -0.25) is 13.9 Å². The van der Waals surface area contributed by atoms with Crippen LogP contribution in [0.1, 0.15) is 25.8 Å². The van der Waals surface area contributed by atoms with Crippen LogP contribution in [0.5, 0.6) is 11.5 Å². The molecule has 2 rings (SSSR count). The number of methoxy groups -OCH3 is 2. The van der Waals surface area contributed by atoms with E-state index in [2.05, 4.69) is 5.32 Å². The van der Waals surface area contributed by atoms with E-state index in [1.54, 1.807) is 13.8 Å². The average molecular weight is 510 g/mol. The van der Waals surface area contributed by atoms with Crippen LogP contribution in [0.4, 0.5) is 10.1 Å². The zero-order valence-electron chi connectivity index (χ0n) is 20.6. The molecule has 1 atom stereocenters. The number of carbonyl (C=O) groups is 2. The van der Waals surface area contributed by atoms with Gasteiger partial charge in [-0.05, 0) is 43.2 Å². The summed E-state index contributed by atoms with van der Waals surface area (Å²) in [6, 6.07) is 9.20. The van der Waals surface area contributed by atoms with E-state index >= 15 is 0 Å². The number of anilines is 1. The highest BCUT2D eigenvalue weighted by Crippen LogP contribution is 2.32. The van der Waals surface area contributed by atoms with E-state index in [4.69, 9.17) is 9.47 Å². The Morgan fingerprint density at radius 2 is 1.66 bits per heavy atom. The number of carbonyl (C=O) groups excluding carboxylic acids is 2. The van der Waals surface area contributed by atoms with Crippen molar-refractivity contribution in [2.24, 2.45) is 0 Å². The fraction of sp³-hybridized carbons (Fsp3) is 0.417. The predicted molar refractivity (Wildman–Crippen MR) is 131 cm³/mol. The van der Waals surface area contributed by atoms with Crippen molar-refractivity contribution in [2.75, 3.05) is 37.9 Å². The lowest BCUT2D eigenvalue weighted by atomic mass is 10.1. The standard InChI is InChI=1S/C24H32FN3O6S/c1-6-20(24(30)26-7-2)27(15-17-8-10-18(25)11-9-17)23(29)16-28(35(5,31)32)19-12-13-21(33-3)22(14-19)34-4/h8-14,20H,6-7,15-16H2,1-5H3,(H,26,30)/t20-/m0/s1. The van der Waals surface area contributed by atoms with Crippen molar-refractivity contribution in [1.82, 2.24) is 10.2 Å². The molecule has 0 fully saturated rings. The molecular formula is C24H32FN3O6S. The third-order valence-corrected chi connectivity index (χ3v) is 6.48. The molecule has 9 nitrogen and oxygen atoms in total. The molecule has 0 saturated carbocycles. The molecule has 0 heterocycles. The largest absolute Gasteiger partial charge is 0.493 e. The fourth-order valence-corrected chi connectivity index (χ4v) is 4.43. The number of nitrogens with one attached hydrogen (secondary N) is 1. The van der Waals surface area contributed by atoms with E-state index < -0.39 is 34.3 Å². The molecule has 0 bridgehead atoms. The number of likely N-dealkylation sites (N-methyl/N-ethyl adjacent to an activating group) is 1. The summed E-state index contributed by atoms with van der Waals surface area (Å²) in [5.74, 6) is -0.687. The normalized spacial score (nSPS) is 11.9. The minimum atomic E-state index is -3.89. The SMILES string of the molecule is CCNC(=O)[C@H](CC)N(Cc1ccc(F)cc1)C(=O)CN(c1ccc(OC)c(OC)c1)S(C)(=O)=O. The number of benzene rings is 2. The minimum absolute atomic E-state index is 0.00170. The maximum Gasteiger partial charge on any atom is 0.244 e. The van der Waals surface area contributed by atoms with Gasteiger partial charge in [0.2, 0.25) is 21.8 Å². The first kappa shape index (κ1) is 27.9. The fourth-order valence-electron chi connectivity index (χ4n) is 3.59. The zero-order chi connectivity index (χ0) is 26.2. The molecule has 11 heteroatoms. The highest BCUT2D eigenvalue weighted by Gasteiger charge is 2.31. The van der Waals surface area contributed by atoms with Gasteiger partial charge in [-0.2, -0.15) is 0 Å². The van der Waals surface area contributed by atoms with Gasteiger partial charge in [-0.1, -0.05) is 19.1 Å². The Bertz CT molecular complexity index is 1120. The lowest BCUT2D eigenvalue weighted by molar-refractivity contribution is -0.140. The molecule has 35 heavy (non-hydrogen) atoms. The van der Waals surface area contributed by atoms with Crippen LogP contribution in [0.2, 0.25) is 0 Å². The van der Waals surface area contributed by atoms with Crippen molar-refractivity contribution in [3.05, 3.63) is 53.8 Å². The lowest BCUT2D eigenvalue weighted by Gasteiger charge is -2.32. The monoisotopic (exact) mass is 509 g/mol. The van der Waals surface area contributed by atoms with Crippen molar-refractivity contribution in [1.29, 1.82) is 0 Å². The molecule has 0 aromatic heterocycles. The Morgan fingerprint density at radius 3 is 2.17 bits per heavy atom. The first-order chi connectivity index (χ1) is 16.5. The van der Waals surface area contributed by atoms with Gasteiger partial charge in [-0.25, -0.2) is 12.8 Å². The van der Waals surface area contributed by atoms with Gasteiger partial charge in [0.15, 0.2) is 11.5 Å². The summed E-state index contributed by atoms with van der Waals surface area (Å²) >= 11 is 0. The van der Waals surface area contributed by atoms with Gasteiger partial charge in [0.25, 0.3) is 0 Å². The number of ether oxygens (including phenoxy) is 2. The van der Waals surface area contributed by atoms with E-state index in [1.807, 2.05) is 0 Å². The van der Waals surface area contributed by atoms with E-state index in [1.165, 1.54) is 61.6 Å². The van der Waals surface area contributed by atoms with E-state index in [0.717, 1.165) is 10.6 Å². The van der Waals surface area contributed by atoms with Crippen molar-refractivity contribution in [3.8, 4) is 11.5 Å². The van der Waals surface area contributed by atoms with Crippen LogP contribution in [0.3, 0.4) is 0 Å². The van der Waals surface area contributed by atoms with Crippen molar-refractivity contribution < 1.29 is 31.9 Å². The second kappa shape index (κ2) is 12.4. The molecule has 0 unspecified atom stereocenters. The first-order valence-corrected chi connectivity index (χ1v) is 12.9. The third kappa shape index (κ3) is 7.32. The maximum atomic E-state index is 13.5. The van der Waals surface area contributed by atoms with Crippen molar-refractivity contribution in [3.63, 3.8) is 0 Å². The molecule has 192 valence electrons. The van der Waals surface area contributed by atoms with Crippen LogP contribution in [0.15, 0.2) is 42.5 Å². The van der Waals surface area contributed by atoms with Crippen LogP contribution in [0, 0.1) is 5.82 Å². The number of amides is 2. The molecule has 0 aliphatic rings. The number of nitrogens with zero attached hydrogens (tertiary/aromatic N) is 2. The summed E-state index contributed by atoms with van der Waals surface area (Å²) in [4.78, 5) is 27.6. The highest BCUT2D eigenvalue weighted by atomic mass is 32.2. The van der Waals surface area contributed by atoms with Crippen LogP contribution in [0.25, 0.3) is 0 Å². The summed E-state index contributed by atoms with van der Waals surface area (Å²) in [6.07, 6.45) is 1.29. The van der Waals surface area contributed by atoms with Crippen LogP contribution >= 0.6 is 0 Å². The molecule has 0 aliphatic heterocycles. The van der Waals surface area contributed by atoms with Crippen LogP contribution < -0.4 is 19.1 Å². The molecule has 2 amide bonds. The number of hydrogen-bond acceptors (Lipinski definition) is 6. The summed E-state index contributed by atoms with van der Waals surface area (Å²) < 4.78 is 50.2. The first-order valence-electron chi connectivity index (χ1n) is 11.1. The molecular weight excluding hydrogens is 477 g/mol. The number of sulfonamides is 1. The van der Waals surface area contributed by atoms with Gasteiger partial charge in [0, 0.05) is 19.2 Å². The minimum Gasteiger partial charge on any atom is -0.493 e. The third-order valence-electron chi connectivity index (χ3n) is 5.34. The second-order valence-corrected chi connectivity index (χ2v) is 9.68. The van der Waals surface area contributed by atoms with E-state index in [0.29, 0.717) is 30.0 Å². The van der Waals surface area contributed by atoms with E-state index in [-0.39, 0.29) is 18.1 Å². The second-order valence-electron chi connectivity index (χ2n) is 7.78. The Morgan fingerprint density at radius 1 is 1.03 bits per heavy atom. The Hall–Kier alpha value is -3.34. The predicted octanol–water partition coefficient (Wildman–Crippen LogP) is 2.55. The van der Waals surface area contributed by atoms with Crippen LogP contribution in [-0.2, 0) is 26.2 Å². The van der Waals surface area contributed by atoms with Gasteiger partial charge in [0.1, 0.15) is 18.4 Å². The van der Waals surface area contributed by atoms with Gasteiger partial charge < -0.3 is 19.7 Å². The molecule has 0 saturated heterocycles. The topological polar surface area (TPSA) is 105 Å². The van der Waals surface area contributed by atoms with Gasteiger partial charge in [0.05, 0.1) is 26.2 Å². The van der Waals surface area contributed by atoms with Crippen molar-refractivity contribution >= 4 is 27.5 Å². The molecule has 2 aromatic rings. The summed E-state index contributed by atoms with van der Waals surface area (Å²) in [6.45, 7) is 3.34. The lowest BCUT2D eigenvalue weighted by Crippen LogP contribution is -2.52. The van der Waals surface area contributed by atoms with Gasteiger partial charge >= 0.3 is 0 Å². The molecule has 2 aromatic carbocycles. The summed E-state index contributed by atoms with van der Waals surface area (Å²) in [5, 5.41) is 2.71. The molecule has 0 aliphatic carbocycles. The van der Waals surface area contributed by atoms with Gasteiger partial charge in [-0.15, -0.1) is 0 Å². The van der Waals surface area contributed by atoms with E-state index in [9.17, 15) is 22.4 Å². The summed E-state index contributed by atoms with van der Waals surface area (Å²) in [5.41, 5.74) is 0.797. The van der Waals surface area contributed by atoms with Crippen molar-refractivity contribution in [2.45, 2.75) is 32.9 Å². The Labute approximate surface area is 205 Å². The quantitative estimate of drug-likeness (QED) is 0.472. The highest BCUT2D eigenvalue weighted by molar-refractivity contribution is 7.92. The number of rotatable bonds is 12. The molecule has 0 radical (unpaired) electrons. The van der Waals surface area contributed by atoms with Crippen LogP contribution in [-0.4, -0.2) is 64.7 Å². The average Bonchev–Trinajstić information content (AvgIpc) is 2.82. The smallest absolute Gasteiger partial charge is 0.244 e.